The van der Waals surface area contributed by atoms with Gasteiger partial charge in [-0.15, -0.1) is 0 Å². The smallest absolute Gasteiger partial charge is 0.161 e. The van der Waals surface area contributed by atoms with Crippen LogP contribution in [0.25, 0.3) is 0 Å². The van der Waals surface area contributed by atoms with Crippen molar-refractivity contribution >= 4 is 5.78 Å². The monoisotopic (exact) mass is 164 g/mol. The second-order valence-corrected chi connectivity index (χ2v) is 4.05. The Labute approximate surface area is 71.6 Å². The van der Waals surface area contributed by atoms with Crippen LogP contribution in [0.3, 0.4) is 0 Å². The van der Waals surface area contributed by atoms with Crippen molar-refractivity contribution in [2.24, 2.45) is 11.8 Å². The van der Waals surface area contributed by atoms with E-state index in [0.717, 1.165) is 19.3 Å². The molecule has 2 aliphatic carbocycles. The Morgan fingerprint density at radius 2 is 2.33 bits per heavy atom. The van der Waals surface area contributed by atoms with E-state index in [1.165, 1.54) is 0 Å². The number of rotatable bonds is 0. The lowest BCUT2D eigenvalue weighted by Gasteiger charge is -2.29. The molecular formula is C10H12O2. The Morgan fingerprint density at radius 1 is 1.42 bits per heavy atom. The minimum Gasteiger partial charge on any atom is -0.363 e. The lowest BCUT2D eigenvalue weighted by molar-refractivity contribution is -0.133. The fourth-order valence-corrected chi connectivity index (χ4v) is 2.75. The molecule has 1 saturated carbocycles. The first-order valence-electron chi connectivity index (χ1n) is 4.71. The summed E-state index contributed by atoms with van der Waals surface area (Å²) in [6.07, 6.45) is 7.44. The van der Waals surface area contributed by atoms with Gasteiger partial charge in [-0.2, -0.15) is 0 Å². The fourth-order valence-electron chi connectivity index (χ4n) is 2.75. The first-order valence-corrected chi connectivity index (χ1v) is 4.71. The van der Waals surface area contributed by atoms with Gasteiger partial charge < -0.3 is 4.74 Å². The third-order valence-corrected chi connectivity index (χ3v) is 3.38. The molecule has 0 aromatic rings. The van der Waals surface area contributed by atoms with Gasteiger partial charge in [-0.05, 0) is 18.8 Å². The quantitative estimate of drug-likeness (QED) is 0.504. The highest BCUT2D eigenvalue weighted by Crippen LogP contribution is 2.43. The molecule has 64 valence electrons. The maximum Gasteiger partial charge on any atom is 0.161 e. The largest absolute Gasteiger partial charge is 0.363 e. The maximum absolute atomic E-state index is 11.4. The van der Waals surface area contributed by atoms with Gasteiger partial charge in [-0.1, -0.05) is 12.2 Å². The van der Waals surface area contributed by atoms with Gasteiger partial charge in [-0.3, -0.25) is 4.79 Å². The molecule has 1 saturated heterocycles. The van der Waals surface area contributed by atoms with E-state index in [4.69, 9.17) is 4.74 Å². The van der Waals surface area contributed by atoms with Crippen molar-refractivity contribution in [3.05, 3.63) is 12.2 Å². The number of carbonyl (C=O) groups excluding carboxylic acids is 1. The lowest BCUT2D eigenvalue weighted by atomic mass is 9.73. The first-order chi connectivity index (χ1) is 5.84. The second kappa shape index (κ2) is 2.19. The second-order valence-electron chi connectivity index (χ2n) is 4.05. The average Bonchev–Trinajstić information content (AvgIpc) is 2.46. The van der Waals surface area contributed by atoms with Gasteiger partial charge in [0.1, 0.15) is 6.10 Å². The third-order valence-electron chi connectivity index (χ3n) is 3.38. The highest BCUT2D eigenvalue weighted by molar-refractivity contribution is 5.84. The molecule has 2 fully saturated rings. The standard InChI is InChI=1S/C10H12O2/c11-9-4-2-6-1-3-7-5-8(6)10(9)12-7/h1,3,6-8,10H,2,4-5H2/t6-,7-,8-,10-/m1/s1. The summed E-state index contributed by atoms with van der Waals surface area (Å²) < 4.78 is 5.63. The number of allylic oxidation sites excluding steroid dienone is 1. The van der Waals surface area contributed by atoms with E-state index in [1.807, 2.05) is 0 Å². The van der Waals surface area contributed by atoms with E-state index in [9.17, 15) is 4.79 Å². The molecule has 3 rings (SSSR count). The molecule has 0 N–H and O–H groups in total. The summed E-state index contributed by atoms with van der Waals surface area (Å²) in [5.41, 5.74) is 0. The SMILES string of the molecule is O=C1CC[C@H]2C=C[C@@H]3C[C@H]2[C@H]1O3. The predicted octanol–water partition coefficient (Wildman–Crippen LogP) is 1.31. The number of ether oxygens (including phenoxy) is 1. The van der Waals surface area contributed by atoms with Gasteiger partial charge in [0.15, 0.2) is 5.78 Å². The summed E-state index contributed by atoms with van der Waals surface area (Å²) in [6, 6.07) is 0. The van der Waals surface area contributed by atoms with E-state index in [-0.39, 0.29) is 12.2 Å². The number of hydrogen-bond acceptors (Lipinski definition) is 2. The Bertz CT molecular complexity index is 257. The highest BCUT2D eigenvalue weighted by atomic mass is 16.5. The predicted molar refractivity (Wildman–Crippen MR) is 43.6 cm³/mol. The van der Waals surface area contributed by atoms with Crippen LogP contribution in [0, 0.1) is 11.8 Å². The summed E-state index contributed by atoms with van der Waals surface area (Å²) in [5, 5.41) is 0. The van der Waals surface area contributed by atoms with Crippen LogP contribution in [0.2, 0.25) is 0 Å². The molecule has 0 radical (unpaired) electrons. The number of fused-ring (bicyclic) bond motifs is 1. The van der Waals surface area contributed by atoms with Gasteiger partial charge in [0.25, 0.3) is 0 Å². The van der Waals surface area contributed by atoms with Crippen LogP contribution >= 0.6 is 0 Å². The van der Waals surface area contributed by atoms with E-state index < -0.39 is 0 Å². The molecule has 0 unspecified atom stereocenters. The van der Waals surface area contributed by atoms with Crippen LogP contribution < -0.4 is 0 Å². The van der Waals surface area contributed by atoms with E-state index in [2.05, 4.69) is 12.2 Å². The van der Waals surface area contributed by atoms with Gasteiger partial charge in [0.05, 0.1) is 6.10 Å². The normalized spacial score (nSPS) is 49.8. The number of ketones is 1. The van der Waals surface area contributed by atoms with Gasteiger partial charge in [-0.25, -0.2) is 0 Å². The molecule has 0 aromatic heterocycles. The van der Waals surface area contributed by atoms with Gasteiger partial charge in [0.2, 0.25) is 0 Å². The summed E-state index contributed by atoms with van der Waals surface area (Å²) in [6.45, 7) is 0. The molecule has 12 heavy (non-hydrogen) atoms. The van der Waals surface area contributed by atoms with E-state index in [0.29, 0.717) is 17.6 Å². The van der Waals surface area contributed by atoms with Crippen LogP contribution in [0.5, 0.6) is 0 Å². The molecule has 1 heterocycles. The highest BCUT2D eigenvalue weighted by Gasteiger charge is 2.46. The van der Waals surface area contributed by atoms with Crippen molar-refractivity contribution < 1.29 is 9.53 Å². The molecule has 0 amide bonds. The number of hydrogen-bond donors (Lipinski definition) is 0. The third kappa shape index (κ3) is 0.761. The first kappa shape index (κ1) is 6.84. The summed E-state index contributed by atoms with van der Waals surface area (Å²) in [7, 11) is 0. The molecule has 1 aliphatic heterocycles. The van der Waals surface area contributed by atoms with Crippen molar-refractivity contribution in [3.8, 4) is 0 Å². The van der Waals surface area contributed by atoms with Crippen molar-refractivity contribution in [2.45, 2.75) is 31.5 Å². The molecule has 4 atom stereocenters. The molecule has 2 nitrogen and oxygen atoms in total. The number of Topliss-reactive ketones (excluding diaryl/α,β-unsaturated/α-hetero) is 1. The van der Waals surface area contributed by atoms with Gasteiger partial charge in [0, 0.05) is 12.3 Å². The zero-order valence-corrected chi connectivity index (χ0v) is 6.90. The fraction of sp³-hybridized carbons (Fsp3) is 0.700. The Morgan fingerprint density at radius 3 is 3.25 bits per heavy atom. The summed E-state index contributed by atoms with van der Waals surface area (Å²) in [5.74, 6) is 1.48. The van der Waals surface area contributed by atoms with Crippen molar-refractivity contribution in [1.29, 1.82) is 0 Å². The molecule has 2 heteroatoms. The summed E-state index contributed by atoms with van der Waals surface area (Å²) >= 11 is 0. The van der Waals surface area contributed by atoms with Crippen molar-refractivity contribution in [2.75, 3.05) is 0 Å². The van der Waals surface area contributed by atoms with Gasteiger partial charge >= 0.3 is 0 Å². The number of carbonyl (C=O) groups is 1. The molecule has 0 spiro atoms. The molecule has 2 bridgehead atoms. The lowest BCUT2D eigenvalue weighted by Crippen LogP contribution is -2.35. The molecule has 3 aliphatic rings. The van der Waals surface area contributed by atoms with Crippen LogP contribution in [0.1, 0.15) is 19.3 Å². The van der Waals surface area contributed by atoms with Crippen molar-refractivity contribution in [1.82, 2.24) is 0 Å². The Kier molecular flexibility index (Phi) is 1.25. The average molecular weight is 164 g/mol. The Hall–Kier alpha value is -0.630. The summed E-state index contributed by atoms with van der Waals surface area (Å²) in [4.78, 5) is 11.4. The molecular weight excluding hydrogens is 152 g/mol. The topological polar surface area (TPSA) is 26.3 Å². The zero-order valence-electron chi connectivity index (χ0n) is 6.90. The van der Waals surface area contributed by atoms with Crippen molar-refractivity contribution in [3.63, 3.8) is 0 Å². The minimum atomic E-state index is -0.0521. The van der Waals surface area contributed by atoms with Crippen LogP contribution in [-0.4, -0.2) is 18.0 Å². The Balaban J connectivity index is 1.99. The van der Waals surface area contributed by atoms with E-state index in [1.54, 1.807) is 0 Å². The van der Waals surface area contributed by atoms with Crippen LogP contribution in [0.4, 0.5) is 0 Å². The molecule has 0 aromatic carbocycles. The minimum absolute atomic E-state index is 0.0521. The zero-order chi connectivity index (χ0) is 8.13. The van der Waals surface area contributed by atoms with E-state index >= 15 is 0 Å². The maximum atomic E-state index is 11.4. The van der Waals surface area contributed by atoms with Crippen LogP contribution in [0.15, 0.2) is 12.2 Å². The van der Waals surface area contributed by atoms with Crippen LogP contribution in [-0.2, 0) is 9.53 Å².